The normalized spacial score (nSPS) is 10.4. The zero-order chi connectivity index (χ0) is 12.1. The molecule has 0 heterocycles. The van der Waals surface area contributed by atoms with Crippen LogP contribution in [-0.4, -0.2) is 28.4 Å². The van der Waals surface area contributed by atoms with Crippen molar-refractivity contribution in [2.24, 2.45) is 0 Å². The number of aliphatic hydroxyl groups excluding tert-OH is 2. The van der Waals surface area contributed by atoms with Crippen LogP contribution >= 0.6 is 0 Å². The predicted octanol–water partition coefficient (Wildman–Crippen LogP) is 0.247. The summed E-state index contributed by atoms with van der Waals surface area (Å²) in [6, 6.07) is 2.77. The summed E-state index contributed by atoms with van der Waals surface area (Å²) < 4.78 is 0. The van der Waals surface area contributed by atoms with Crippen molar-refractivity contribution in [2.45, 2.75) is 12.8 Å². The fourth-order valence-corrected chi connectivity index (χ4v) is 1.67. The monoisotopic (exact) mass is 226 g/mol. The van der Waals surface area contributed by atoms with Gasteiger partial charge in [0, 0.05) is 37.0 Å². The molecule has 0 fully saturated rings. The summed E-state index contributed by atoms with van der Waals surface area (Å²) in [5.74, 6) is 0. The van der Waals surface area contributed by atoms with E-state index in [0.29, 0.717) is 16.8 Å². The quantitative estimate of drug-likeness (QED) is 0.378. The van der Waals surface area contributed by atoms with Gasteiger partial charge in [0.1, 0.15) is 0 Å². The van der Waals surface area contributed by atoms with E-state index >= 15 is 0 Å². The summed E-state index contributed by atoms with van der Waals surface area (Å²) >= 11 is 0. The first-order chi connectivity index (χ1) is 7.61. The van der Waals surface area contributed by atoms with E-state index in [-0.39, 0.29) is 31.7 Å². The summed E-state index contributed by atoms with van der Waals surface area (Å²) in [6.07, 6.45) is 0.416. The smallest absolute Gasteiger partial charge is 0.273 e. The molecule has 6 heteroatoms. The number of nitrogens with zero attached hydrogens (tertiary/aromatic N) is 1. The summed E-state index contributed by atoms with van der Waals surface area (Å²) in [4.78, 5) is 10.3. The van der Waals surface area contributed by atoms with Crippen molar-refractivity contribution in [1.29, 1.82) is 0 Å². The maximum Gasteiger partial charge on any atom is 0.273 e. The van der Waals surface area contributed by atoms with Gasteiger partial charge in [-0.15, -0.1) is 0 Å². The van der Waals surface area contributed by atoms with Gasteiger partial charge in [-0.2, -0.15) is 0 Å². The Hall–Kier alpha value is -1.66. The lowest BCUT2D eigenvalue weighted by Gasteiger charge is -2.10. The third-order valence-corrected chi connectivity index (χ3v) is 2.36. The number of benzene rings is 1. The molecule has 0 aromatic heterocycles. The summed E-state index contributed by atoms with van der Waals surface area (Å²) in [5.41, 5.74) is 6.99. The molecule has 0 bridgehead atoms. The highest BCUT2D eigenvalue weighted by molar-refractivity contribution is 5.59. The lowest BCUT2D eigenvalue weighted by molar-refractivity contribution is -0.385. The zero-order valence-electron chi connectivity index (χ0n) is 8.72. The van der Waals surface area contributed by atoms with E-state index in [9.17, 15) is 10.1 Å². The first-order valence-corrected chi connectivity index (χ1v) is 4.88. The van der Waals surface area contributed by atoms with Crippen LogP contribution in [0, 0.1) is 10.1 Å². The van der Waals surface area contributed by atoms with E-state index in [0.717, 1.165) is 0 Å². The minimum atomic E-state index is -0.509. The molecule has 4 N–H and O–H groups in total. The molecule has 1 aromatic rings. The number of anilines is 1. The minimum Gasteiger partial charge on any atom is -0.398 e. The van der Waals surface area contributed by atoms with E-state index in [2.05, 4.69) is 0 Å². The van der Waals surface area contributed by atoms with Gasteiger partial charge in [0.2, 0.25) is 0 Å². The minimum absolute atomic E-state index is 0.0632. The molecule has 0 aliphatic carbocycles. The Kier molecular flexibility index (Phi) is 4.21. The van der Waals surface area contributed by atoms with Crippen molar-refractivity contribution in [3.63, 3.8) is 0 Å². The number of hydrogen-bond donors (Lipinski definition) is 3. The average Bonchev–Trinajstić information content (AvgIpc) is 2.23. The van der Waals surface area contributed by atoms with Crippen LogP contribution in [0.25, 0.3) is 0 Å². The molecular formula is C10H14N2O4. The van der Waals surface area contributed by atoms with Gasteiger partial charge in [-0.1, -0.05) is 0 Å². The maximum atomic E-state index is 10.8. The van der Waals surface area contributed by atoms with Crippen LogP contribution in [0.4, 0.5) is 11.4 Å². The SMILES string of the molecule is Nc1ccc([N+](=O)[O-])c(CCO)c1CCO. The largest absolute Gasteiger partial charge is 0.398 e. The Morgan fingerprint density at radius 1 is 1.19 bits per heavy atom. The van der Waals surface area contributed by atoms with Gasteiger partial charge < -0.3 is 15.9 Å². The van der Waals surface area contributed by atoms with Crippen LogP contribution in [0.5, 0.6) is 0 Å². The lowest BCUT2D eigenvalue weighted by atomic mass is 9.98. The molecule has 88 valence electrons. The number of rotatable bonds is 5. The zero-order valence-corrected chi connectivity index (χ0v) is 8.72. The molecular weight excluding hydrogens is 212 g/mol. The molecule has 0 unspecified atom stereocenters. The Balaban J connectivity index is 3.30. The van der Waals surface area contributed by atoms with E-state index in [1.54, 1.807) is 0 Å². The Labute approximate surface area is 92.5 Å². The van der Waals surface area contributed by atoms with Gasteiger partial charge in [0.25, 0.3) is 5.69 Å². The topological polar surface area (TPSA) is 110 Å². The first-order valence-electron chi connectivity index (χ1n) is 4.88. The number of nitro groups is 1. The van der Waals surface area contributed by atoms with Crippen molar-refractivity contribution in [3.8, 4) is 0 Å². The molecule has 0 spiro atoms. The predicted molar refractivity (Wildman–Crippen MR) is 59.1 cm³/mol. The molecule has 0 radical (unpaired) electrons. The van der Waals surface area contributed by atoms with Gasteiger partial charge >= 0.3 is 0 Å². The Bertz CT molecular complexity index is 393. The van der Waals surface area contributed by atoms with Crippen LogP contribution < -0.4 is 5.73 Å². The van der Waals surface area contributed by atoms with Gasteiger partial charge in [-0.25, -0.2) is 0 Å². The number of nitrogen functional groups attached to an aromatic ring is 1. The van der Waals surface area contributed by atoms with E-state index in [4.69, 9.17) is 15.9 Å². The second-order valence-corrected chi connectivity index (χ2v) is 3.34. The molecule has 0 saturated heterocycles. The molecule has 16 heavy (non-hydrogen) atoms. The van der Waals surface area contributed by atoms with Crippen molar-refractivity contribution in [1.82, 2.24) is 0 Å². The molecule has 0 aliphatic rings. The molecule has 0 aliphatic heterocycles. The number of hydrogen-bond acceptors (Lipinski definition) is 5. The average molecular weight is 226 g/mol. The van der Waals surface area contributed by atoms with Crippen molar-refractivity contribution in [3.05, 3.63) is 33.4 Å². The molecule has 0 saturated carbocycles. The number of nitro benzene ring substituents is 1. The summed E-state index contributed by atoms with van der Waals surface area (Å²) in [6.45, 7) is -0.327. The highest BCUT2D eigenvalue weighted by Gasteiger charge is 2.18. The van der Waals surface area contributed by atoms with Gasteiger partial charge in [0.15, 0.2) is 0 Å². The number of aliphatic hydroxyl groups is 2. The number of nitrogens with two attached hydrogens (primary N) is 1. The molecule has 6 nitrogen and oxygen atoms in total. The van der Waals surface area contributed by atoms with E-state index < -0.39 is 4.92 Å². The van der Waals surface area contributed by atoms with Crippen molar-refractivity contribution in [2.75, 3.05) is 18.9 Å². The molecule has 0 amide bonds. The Morgan fingerprint density at radius 2 is 1.75 bits per heavy atom. The van der Waals surface area contributed by atoms with Crippen LogP contribution in [0.1, 0.15) is 11.1 Å². The highest BCUT2D eigenvalue weighted by atomic mass is 16.6. The third-order valence-electron chi connectivity index (χ3n) is 2.36. The lowest BCUT2D eigenvalue weighted by Crippen LogP contribution is -2.07. The fourth-order valence-electron chi connectivity index (χ4n) is 1.67. The van der Waals surface area contributed by atoms with Crippen LogP contribution in [0.2, 0.25) is 0 Å². The Morgan fingerprint density at radius 3 is 2.25 bits per heavy atom. The van der Waals surface area contributed by atoms with Gasteiger partial charge in [-0.05, 0) is 18.1 Å². The fraction of sp³-hybridized carbons (Fsp3) is 0.400. The van der Waals surface area contributed by atoms with Crippen LogP contribution in [-0.2, 0) is 12.8 Å². The van der Waals surface area contributed by atoms with Gasteiger partial charge in [0.05, 0.1) is 4.92 Å². The molecule has 1 rings (SSSR count). The standard InChI is InChI=1S/C10H14N2O4/c11-9-1-2-10(12(15)16)8(4-6-14)7(9)3-5-13/h1-2,13-14H,3-6,11H2. The maximum absolute atomic E-state index is 10.8. The molecule has 0 atom stereocenters. The molecule has 1 aromatic carbocycles. The van der Waals surface area contributed by atoms with Crippen LogP contribution in [0.3, 0.4) is 0 Å². The van der Waals surface area contributed by atoms with Crippen molar-refractivity contribution >= 4 is 11.4 Å². The first kappa shape index (κ1) is 12.4. The summed E-state index contributed by atoms with van der Waals surface area (Å²) in [7, 11) is 0. The summed E-state index contributed by atoms with van der Waals surface area (Å²) in [5, 5.41) is 28.5. The second-order valence-electron chi connectivity index (χ2n) is 3.34. The second kappa shape index (κ2) is 5.43. The van der Waals surface area contributed by atoms with Crippen molar-refractivity contribution < 1.29 is 15.1 Å². The third kappa shape index (κ3) is 2.47. The highest BCUT2D eigenvalue weighted by Crippen LogP contribution is 2.27. The van der Waals surface area contributed by atoms with Crippen LogP contribution in [0.15, 0.2) is 12.1 Å². The van der Waals surface area contributed by atoms with E-state index in [1.165, 1.54) is 12.1 Å². The van der Waals surface area contributed by atoms with E-state index in [1.807, 2.05) is 0 Å². The van der Waals surface area contributed by atoms with Gasteiger partial charge in [-0.3, -0.25) is 10.1 Å².